The maximum absolute atomic E-state index is 13.2. The fourth-order valence-electron chi connectivity index (χ4n) is 4.05. The Morgan fingerprint density at radius 2 is 1.50 bits per heavy atom. The van der Waals surface area contributed by atoms with Crippen molar-refractivity contribution in [3.05, 3.63) is 103 Å². The molecule has 0 radical (unpaired) electrons. The molecule has 2 heterocycles. The molecule has 0 saturated heterocycles. The number of rotatable bonds is 1. The second-order valence-corrected chi connectivity index (χ2v) is 7.04. The molecule has 6 nitrogen and oxygen atoms in total. The van der Waals surface area contributed by atoms with E-state index >= 15 is 0 Å². The van der Waals surface area contributed by atoms with Crippen LogP contribution in [0, 0.1) is 0 Å². The molecule has 1 atom stereocenters. The zero-order chi connectivity index (χ0) is 21.2. The van der Waals surface area contributed by atoms with Crippen LogP contribution in [0.5, 0.6) is 0 Å². The second kappa shape index (κ2) is 6.06. The molecule has 30 heavy (non-hydrogen) atoms. The van der Waals surface area contributed by atoms with Crippen LogP contribution in [0.1, 0.15) is 38.5 Å². The van der Waals surface area contributed by atoms with E-state index in [4.69, 9.17) is 0 Å². The summed E-state index contributed by atoms with van der Waals surface area (Å²) in [4.78, 5) is 42.2. The summed E-state index contributed by atoms with van der Waals surface area (Å²) < 4.78 is 39.0. The van der Waals surface area contributed by atoms with E-state index in [1.165, 1.54) is 12.1 Å². The van der Waals surface area contributed by atoms with Crippen LogP contribution in [-0.4, -0.2) is 15.8 Å². The molecule has 0 amide bonds. The summed E-state index contributed by atoms with van der Waals surface area (Å²) >= 11 is 0. The number of alkyl halides is 3. The van der Waals surface area contributed by atoms with Gasteiger partial charge in [-0.2, -0.15) is 13.2 Å². The molecule has 0 saturated carbocycles. The number of carbonyl (C=O) groups excluding carboxylic acids is 1. The summed E-state index contributed by atoms with van der Waals surface area (Å²) in [6, 6.07) is 11.1. The van der Waals surface area contributed by atoms with Gasteiger partial charge < -0.3 is 5.32 Å². The van der Waals surface area contributed by atoms with Crippen molar-refractivity contribution in [1.29, 1.82) is 0 Å². The first-order chi connectivity index (χ1) is 14.3. The molecule has 1 aliphatic heterocycles. The van der Waals surface area contributed by atoms with Crippen molar-refractivity contribution in [3.8, 4) is 0 Å². The maximum Gasteiger partial charge on any atom is 0.416 e. The summed E-state index contributed by atoms with van der Waals surface area (Å²) in [5, 5.41) is 2.97. The third-order valence-electron chi connectivity index (χ3n) is 5.33. The van der Waals surface area contributed by atoms with Gasteiger partial charge in [-0.05, 0) is 17.7 Å². The summed E-state index contributed by atoms with van der Waals surface area (Å²) in [5.41, 5.74) is -0.215. The first-order valence-electron chi connectivity index (χ1n) is 8.94. The van der Waals surface area contributed by atoms with Gasteiger partial charge in [0.1, 0.15) is 5.82 Å². The highest BCUT2D eigenvalue weighted by Gasteiger charge is 2.42. The number of ketones is 1. The zero-order valence-corrected chi connectivity index (χ0v) is 15.1. The number of hydrogen-bond acceptors (Lipinski definition) is 4. The highest BCUT2D eigenvalue weighted by atomic mass is 19.4. The molecule has 3 N–H and O–H groups in total. The van der Waals surface area contributed by atoms with Gasteiger partial charge in [0.2, 0.25) is 0 Å². The Morgan fingerprint density at radius 1 is 0.833 bits per heavy atom. The Hall–Kier alpha value is -3.88. The second-order valence-electron chi connectivity index (χ2n) is 7.04. The van der Waals surface area contributed by atoms with Crippen molar-refractivity contribution in [3.63, 3.8) is 0 Å². The quantitative estimate of drug-likeness (QED) is 0.573. The predicted molar refractivity (Wildman–Crippen MR) is 102 cm³/mol. The number of halogens is 3. The number of aromatic amines is 2. The van der Waals surface area contributed by atoms with Gasteiger partial charge in [-0.25, -0.2) is 4.79 Å². The van der Waals surface area contributed by atoms with Crippen LogP contribution in [0.25, 0.3) is 5.70 Å². The number of benzene rings is 2. The number of carbonyl (C=O) groups is 1. The van der Waals surface area contributed by atoms with E-state index in [-0.39, 0.29) is 22.7 Å². The van der Waals surface area contributed by atoms with Crippen LogP contribution >= 0.6 is 0 Å². The molecule has 0 spiro atoms. The van der Waals surface area contributed by atoms with Crippen LogP contribution in [0.15, 0.2) is 63.7 Å². The molecule has 1 aromatic heterocycles. The van der Waals surface area contributed by atoms with Gasteiger partial charge in [0.15, 0.2) is 5.78 Å². The van der Waals surface area contributed by atoms with Gasteiger partial charge >= 0.3 is 11.9 Å². The van der Waals surface area contributed by atoms with Gasteiger partial charge in [0, 0.05) is 22.6 Å². The van der Waals surface area contributed by atoms with E-state index in [0.717, 1.165) is 12.1 Å². The fourth-order valence-corrected chi connectivity index (χ4v) is 4.05. The Bertz CT molecular complexity index is 1360. The van der Waals surface area contributed by atoms with E-state index in [1.54, 1.807) is 24.3 Å². The third kappa shape index (κ3) is 2.55. The van der Waals surface area contributed by atoms with Crippen molar-refractivity contribution in [2.24, 2.45) is 0 Å². The first kappa shape index (κ1) is 18.2. The lowest BCUT2D eigenvalue weighted by atomic mass is 9.81. The number of hydrogen-bond donors (Lipinski definition) is 3. The molecule has 1 aliphatic carbocycles. The Morgan fingerprint density at radius 3 is 2.17 bits per heavy atom. The molecular weight excluding hydrogens is 399 g/mol. The first-order valence-corrected chi connectivity index (χ1v) is 8.94. The minimum absolute atomic E-state index is 0.0641. The highest BCUT2D eigenvalue weighted by Crippen LogP contribution is 2.47. The minimum Gasteiger partial charge on any atom is -0.340 e. The van der Waals surface area contributed by atoms with Gasteiger partial charge in [-0.1, -0.05) is 36.4 Å². The summed E-state index contributed by atoms with van der Waals surface area (Å²) in [5.74, 6) is -1.16. The lowest BCUT2D eigenvalue weighted by Crippen LogP contribution is -2.33. The Balaban J connectivity index is 1.77. The summed E-state index contributed by atoms with van der Waals surface area (Å²) in [6.45, 7) is 0. The van der Waals surface area contributed by atoms with E-state index < -0.39 is 28.9 Å². The van der Waals surface area contributed by atoms with E-state index in [2.05, 4.69) is 15.3 Å². The van der Waals surface area contributed by atoms with Crippen LogP contribution in [0.4, 0.5) is 19.0 Å². The van der Waals surface area contributed by atoms with Gasteiger partial charge in [0.25, 0.3) is 5.56 Å². The molecule has 1 unspecified atom stereocenters. The van der Waals surface area contributed by atoms with Crippen molar-refractivity contribution >= 4 is 17.3 Å². The molecule has 150 valence electrons. The number of nitrogens with one attached hydrogen (secondary N) is 3. The number of H-pyrrole nitrogens is 2. The lowest BCUT2D eigenvalue weighted by Gasteiger charge is -2.27. The summed E-state index contributed by atoms with van der Waals surface area (Å²) in [7, 11) is 0. The molecule has 2 aromatic carbocycles. The largest absolute Gasteiger partial charge is 0.416 e. The molecule has 0 fully saturated rings. The average molecular weight is 411 g/mol. The molecule has 9 heteroatoms. The van der Waals surface area contributed by atoms with Crippen molar-refractivity contribution in [2.75, 3.05) is 5.32 Å². The number of aromatic nitrogens is 2. The van der Waals surface area contributed by atoms with Gasteiger partial charge in [-0.15, -0.1) is 0 Å². The maximum atomic E-state index is 13.2. The third-order valence-corrected chi connectivity index (χ3v) is 5.33. The lowest BCUT2D eigenvalue weighted by molar-refractivity contribution is -0.137. The topological polar surface area (TPSA) is 94.8 Å². The minimum atomic E-state index is -4.52. The van der Waals surface area contributed by atoms with E-state index in [1.807, 2.05) is 0 Å². The molecule has 5 rings (SSSR count). The molecule has 0 bridgehead atoms. The number of allylic oxidation sites excluding steroid dienone is 1. The standard InChI is InChI=1S/C21H12F3N3O3/c22-21(23,24)10-7-5-9(6-8-10)13-14-16(11-3-1-2-4-12(11)17(14)28)25-18-15(13)19(29)27-20(30)26-18/h1-8,13H,(H3,25,26,27,29,30). The molecule has 3 aromatic rings. The average Bonchev–Trinajstić information content (AvgIpc) is 2.98. The van der Waals surface area contributed by atoms with Crippen LogP contribution in [-0.2, 0) is 6.18 Å². The summed E-state index contributed by atoms with van der Waals surface area (Å²) in [6.07, 6.45) is -4.52. The predicted octanol–water partition coefficient (Wildman–Crippen LogP) is 3.25. The van der Waals surface area contributed by atoms with E-state index in [9.17, 15) is 27.6 Å². The monoisotopic (exact) mass is 411 g/mol. The van der Waals surface area contributed by atoms with Crippen LogP contribution in [0.2, 0.25) is 0 Å². The molecule has 2 aliphatic rings. The Kier molecular flexibility index (Phi) is 3.67. The fraction of sp³-hybridized carbons (Fsp3) is 0.0952. The van der Waals surface area contributed by atoms with Crippen molar-refractivity contribution < 1.29 is 18.0 Å². The Labute approximate surface area is 166 Å². The van der Waals surface area contributed by atoms with Gasteiger partial charge in [0.05, 0.1) is 16.8 Å². The SMILES string of the molecule is O=C1C2=C(Nc3[nH]c(=O)[nH]c(=O)c3C2c2ccc(C(F)(F)F)cc2)c2ccccc21. The van der Waals surface area contributed by atoms with Gasteiger partial charge in [-0.3, -0.25) is 19.6 Å². The smallest absolute Gasteiger partial charge is 0.340 e. The van der Waals surface area contributed by atoms with Crippen LogP contribution in [0.3, 0.4) is 0 Å². The van der Waals surface area contributed by atoms with Crippen molar-refractivity contribution in [1.82, 2.24) is 9.97 Å². The normalized spacial score (nSPS) is 17.3. The van der Waals surface area contributed by atoms with Crippen LogP contribution < -0.4 is 16.6 Å². The molecular formula is C21H12F3N3O3. The highest BCUT2D eigenvalue weighted by molar-refractivity contribution is 6.23. The van der Waals surface area contributed by atoms with Crippen molar-refractivity contribution in [2.45, 2.75) is 12.1 Å². The van der Waals surface area contributed by atoms with E-state index in [0.29, 0.717) is 22.4 Å². The number of fused-ring (bicyclic) bond motifs is 3. The number of anilines is 1. The zero-order valence-electron chi connectivity index (χ0n) is 15.1. The number of Topliss-reactive ketones (excluding diaryl/α,β-unsaturated/α-hetero) is 1.